The Bertz CT molecular complexity index is 750. The van der Waals surface area contributed by atoms with Crippen LogP contribution in [-0.2, 0) is 9.84 Å². The molecule has 0 heterocycles. The minimum Gasteiger partial charge on any atom is -0.478 e. The molecule has 0 aliphatic carbocycles. The number of aliphatic hydroxyl groups is 1. The van der Waals surface area contributed by atoms with E-state index in [9.17, 15) is 13.2 Å². The van der Waals surface area contributed by atoms with Gasteiger partial charge in [-0.25, -0.2) is 13.2 Å². The van der Waals surface area contributed by atoms with E-state index in [1.807, 2.05) is 0 Å². The zero-order chi connectivity index (χ0) is 16.2. The first kappa shape index (κ1) is 16.5. The molecule has 0 saturated carbocycles. The van der Waals surface area contributed by atoms with Crippen molar-refractivity contribution in [2.75, 3.05) is 12.4 Å². The Labute approximate surface area is 132 Å². The van der Waals surface area contributed by atoms with E-state index in [-0.39, 0.29) is 22.0 Å². The van der Waals surface area contributed by atoms with Crippen LogP contribution in [0.25, 0.3) is 0 Å². The van der Waals surface area contributed by atoms with Crippen LogP contribution >= 0.6 is 11.8 Å². The molecule has 0 saturated heterocycles. The topological polar surface area (TPSA) is 91.7 Å². The van der Waals surface area contributed by atoms with Gasteiger partial charge in [-0.1, -0.05) is 0 Å². The smallest absolute Gasteiger partial charge is 0.335 e. The van der Waals surface area contributed by atoms with E-state index in [2.05, 4.69) is 0 Å². The molecule has 7 heteroatoms. The van der Waals surface area contributed by atoms with Crippen molar-refractivity contribution in [1.29, 1.82) is 0 Å². The zero-order valence-corrected chi connectivity index (χ0v) is 13.1. The maximum absolute atomic E-state index is 12.4. The Balaban J connectivity index is 2.27. The van der Waals surface area contributed by atoms with Gasteiger partial charge in [-0.15, -0.1) is 11.8 Å². The van der Waals surface area contributed by atoms with Crippen LogP contribution in [-0.4, -0.2) is 37.0 Å². The van der Waals surface area contributed by atoms with Gasteiger partial charge in [0.2, 0.25) is 9.84 Å². The summed E-state index contributed by atoms with van der Waals surface area (Å²) in [4.78, 5) is 11.8. The molecule has 0 aromatic heterocycles. The molecular weight excluding hydrogens is 324 g/mol. The monoisotopic (exact) mass is 338 g/mol. The second-order valence-corrected chi connectivity index (χ2v) is 7.49. The van der Waals surface area contributed by atoms with E-state index in [0.29, 0.717) is 5.75 Å². The number of rotatable bonds is 6. The number of hydrogen-bond donors (Lipinski definition) is 2. The highest BCUT2D eigenvalue weighted by Gasteiger charge is 2.18. The Morgan fingerprint density at radius 1 is 0.955 bits per heavy atom. The molecule has 0 fully saturated rings. The van der Waals surface area contributed by atoms with E-state index in [0.717, 1.165) is 4.90 Å². The first-order chi connectivity index (χ1) is 10.4. The highest BCUT2D eigenvalue weighted by atomic mass is 32.2. The summed E-state index contributed by atoms with van der Waals surface area (Å²) in [5.74, 6) is -0.558. The average Bonchev–Trinajstić information content (AvgIpc) is 2.53. The van der Waals surface area contributed by atoms with Crippen LogP contribution in [0.2, 0.25) is 0 Å². The largest absolute Gasteiger partial charge is 0.478 e. The highest BCUT2D eigenvalue weighted by molar-refractivity contribution is 7.99. The van der Waals surface area contributed by atoms with Crippen molar-refractivity contribution < 1.29 is 23.4 Å². The molecule has 0 unspecified atom stereocenters. The van der Waals surface area contributed by atoms with Crippen LogP contribution in [0, 0.1) is 0 Å². The summed E-state index contributed by atoms with van der Waals surface area (Å²) in [5.41, 5.74) is 0.0368. The molecule has 2 aromatic carbocycles. The normalized spacial score (nSPS) is 11.3. The number of carboxylic acid groups (broad SMARTS) is 1. The van der Waals surface area contributed by atoms with Gasteiger partial charge in [-0.05, 0) is 48.5 Å². The van der Waals surface area contributed by atoms with Gasteiger partial charge in [-0.2, -0.15) is 0 Å². The fraction of sp³-hybridized carbons (Fsp3) is 0.133. The molecule has 2 aromatic rings. The molecule has 2 rings (SSSR count). The lowest BCUT2D eigenvalue weighted by Crippen LogP contribution is -2.03. The molecule has 5 nitrogen and oxygen atoms in total. The zero-order valence-electron chi connectivity index (χ0n) is 11.5. The molecule has 0 atom stereocenters. The Morgan fingerprint density at radius 3 is 1.91 bits per heavy atom. The minimum atomic E-state index is -3.67. The second kappa shape index (κ2) is 6.95. The first-order valence-corrected chi connectivity index (χ1v) is 8.84. The van der Waals surface area contributed by atoms with Crippen molar-refractivity contribution in [2.24, 2.45) is 0 Å². The van der Waals surface area contributed by atoms with Crippen LogP contribution in [0.15, 0.2) is 63.2 Å². The predicted octanol–water partition coefficient (Wildman–Crippen LogP) is 2.30. The van der Waals surface area contributed by atoms with Crippen LogP contribution in [0.5, 0.6) is 0 Å². The fourth-order valence-electron chi connectivity index (χ4n) is 1.79. The standard InChI is InChI=1S/C15H14O5S2/c16-9-10-21-12-3-7-14(8-4-12)22(19,20)13-5-1-11(2-6-13)15(17)18/h1-8,16H,9-10H2,(H,17,18). The van der Waals surface area contributed by atoms with Crippen molar-refractivity contribution in [3.8, 4) is 0 Å². The van der Waals surface area contributed by atoms with E-state index < -0.39 is 15.8 Å². The van der Waals surface area contributed by atoms with E-state index in [1.54, 1.807) is 12.1 Å². The van der Waals surface area contributed by atoms with Crippen LogP contribution in [0.4, 0.5) is 0 Å². The molecule has 0 amide bonds. The third-order valence-corrected chi connectivity index (χ3v) is 5.68. The number of aromatic carboxylic acids is 1. The Morgan fingerprint density at radius 2 is 1.45 bits per heavy atom. The molecule has 2 N–H and O–H groups in total. The van der Waals surface area contributed by atoms with Gasteiger partial charge in [0.05, 0.1) is 22.0 Å². The SMILES string of the molecule is O=C(O)c1ccc(S(=O)(=O)c2ccc(SCCO)cc2)cc1. The lowest BCUT2D eigenvalue weighted by atomic mass is 10.2. The third kappa shape index (κ3) is 3.68. The van der Waals surface area contributed by atoms with Gasteiger partial charge in [0.1, 0.15) is 0 Å². The summed E-state index contributed by atoms with van der Waals surface area (Å²) < 4.78 is 24.9. The highest BCUT2D eigenvalue weighted by Crippen LogP contribution is 2.24. The minimum absolute atomic E-state index is 0.0368. The number of thioether (sulfide) groups is 1. The number of benzene rings is 2. The van der Waals surface area contributed by atoms with Crippen molar-refractivity contribution in [1.82, 2.24) is 0 Å². The van der Waals surface area contributed by atoms with Crippen molar-refractivity contribution in [3.63, 3.8) is 0 Å². The lowest BCUT2D eigenvalue weighted by Gasteiger charge is -2.06. The Hall–Kier alpha value is -1.83. The maximum Gasteiger partial charge on any atom is 0.335 e. The number of aliphatic hydroxyl groups excluding tert-OH is 1. The summed E-state index contributed by atoms with van der Waals surface area (Å²) in [7, 11) is -3.67. The molecule has 0 bridgehead atoms. The molecule has 0 spiro atoms. The molecule has 0 aliphatic rings. The van der Waals surface area contributed by atoms with Crippen LogP contribution in [0.3, 0.4) is 0 Å². The molecule has 22 heavy (non-hydrogen) atoms. The average molecular weight is 338 g/mol. The van der Waals surface area contributed by atoms with Crippen LogP contribution < -0.4 is 0 Å². The number of sulfone groups is 1. The third-order valence-electron chi connectivity index (χ3n) is 2.91. The maximum atomic E-state index is 12.4. The van der Waals surface area contributed by atoms with Crippen molar-refractivity contribution in [2.45, 2.75) is 14.7 Å². The number of carboxylic acids is 1. The molecule has 0 aliphatic heterocycles. The number of carbonyl (C=O) groups is 1. The second-order valence-electron chi connectivity index (χ2n) is 4.38. The predicted molar refractivity (Wildman–Crippen MR) is 83.1 cm³/mol. The van der Waals surface area contributed by atoms with Gasteiger partial charge in [0, 0.05) is 10.6 Å². The summed E-state index contributed by atoms with van der Waals surface area (Å²) in [6.07, 6.45) is 0. The van der Waals surface area contributed by atoms with Crippen molar-refractivity contribution >= 4 is 27.6 Å². The summed E-state index contributed by atoms with van der Waals surface area (Å²) >= 11 is 1.43. The summed E-state index contributed by atoms with van der Waals surface area (Å²) in [6, 6.07) is 11.5. The number of hydrogen-bond acceptors (Lipinski definition) is 5. The first-order valence-electron chi connectivity index (χ1n) is 6.37. The summed E-state index contributed by atoms with van der Waals surface area (Å²) in [6.45, 7) is 0.0562. The van der Waals surface area contributed by atoms with Crippen LogP contribution in [0.1, 0.15) is 10.4 Å². The molecular formula is C15H14O5S2. The van der Waals surface area contributed by atoms with E-state index in [4.69, 9.17) is 10.2 Å². The lowest BCUT2D eigenvalue weighted by molar-refractivity contribution is 0.0696. The van der Waals surface area contributed by atoms with E-state index in [1.165, 1.54) is 48.2 Å². The Kier molecular flexibility index (Phi) is 5.23. The molecule has 0 radical (unpaired) electrons. The quantitative estimate of drug-likeness (QED) is 0.785. The van der Waals surface area contributed by atoms with E-state index >= 15 is 0 Å². The fourth-order valence-corrected chi connectivity index (χ4v) is 3.71. The van der Waals surface area contributed by atoms with Gasteiger partial charge >= 0.3 is 5.97 Å². The van der Waals surface area contributed by atoms with Crippen molar-refractivity contribution in [3.05, 3.63) is 54.1 Å². The van der Waals surface area contributed by atoms with Gasteiger partial charge in [-0.3, -0.25) is 0 Å². The van der Waals surface area contributed by atoms with Gasteiger partial charge < -0.3 is 10.2 Å². The summed E-state index contributed by atoms with van der Waals surface area (Å²) in [5, 5.41) is 17.6. The van der Waals surface area contributed by atoms with Gasteiger partial charge in [0.15, 0.2) is 0 Å². The van der Waals surface area contributed by atoms with Gasteiger partial charge in [0.25, 0.3) is 0 Å². The molecule has 116 valence electrons.